The van der Waals surface area contributed by atoms with Crippen molar-refractivity contribution in [3.8, 4) is 6.07 Å². The van der Waals surface area contributed by atoms with Crippen LogP contribution in [-0.2, 0) is 11.2 Å². The maximum absolute atomic E-state index is 12.3. The first-order valence-corrected chi connectivity index (χ1v) is 6.67. The van der Waals surface area contributed by atoms with Crippen LogP contribution < -0.4 is 5.32 Å². The SMILES string of the molecule is CC(NC(=O)c1c(CCC#N)cccc1[N+](=O)[O-])OCCO. The minimum absolute atomic E-state index is 0.0413. The van der Waals surface area contributed by atoms with Crippen LogP contribution in [0.2, 0.25) is 0 Å². The summed E-state index contributed by atoms with van der Waals surface area (Å²) in [5.41, 5.74) is 0.0482. The van der Waals surface area contributed by atoms with Gasteiger partial charge in [0.05, 0.1) is 24.2 Å². The summed E-state index contributed by atoms with van der Waals surface area (Å²) in [5.74, 6) is -0.648. The number of hydrogen-bond donors (Lipinski definition) is 2. The number of aliphatic hydroxyl groups excluding tert-OH is 1. The Hall–Kier alpha value is -2.50. The van der Waals surface area contributed by atoms with Crippen LogP contribution in [0.25, 0.3) is 0 Å². The van der Waals surface area contributed by atoms with Crippen molar-refractivity contribution >= 4 is 11.6 Å². The zero-order chi connectivity index (χ0) is 16.5. The van der Waals surface area contributed by atoms with E-state index in [-0.39, 0.29) is 37.3 Å². The lowest BCUT2D eigenvalue weighted by molar-refractivity contribution is -0.385. The Bertz CT molecular complexity index is 582. The van der Waals surface area contributed by atoms with E-state index in [0.717, 1.165) is 0 Å². The Kier molecular flexibility index (Phi) is 6.95. The fraction of sp³-hybridized carbons (Fsp3) is 0.429. The molecule has 1 unspecified atom stereocenters. The van der Waals surface area contributed by atoms with Crippen molar-refractivity contribution in [1.29, 1.82) is 5.26 Å². The molecule has 1 aromatic rings. The van der Waals surface area contributed by atoms with Gasteiger partial charge in [-0.05, 0) is 18.9 Å². The number of nitro benzene ring substituents is 1. The van der Waals surface area contributed by atoms with Crippen molar-refractivity contribution in [3.63, 3.8) is 0 Å². The van der Waals surface area contributed by atoms with Gasteiger partial charge in [-0.2, -0.15) is 5.26 Å². The standard InChI is InChI=1S/C14H17N3O5/c1-10(22-9-8-18)16-14(19)13-11(5-3-7-15)4-2-6-12(13)17(20)21/h2,4,6,10,18H,3,5,8-9H2,1H3,(H,16,19). The second-order valence-electron chi connectivity index (χ2n) is 4.44. The predicted molar refractivity (Wildman–Crippen MR) is 77.0 cm³/mol. The molecule has 118 valence electrons. The number of aliphatic hydroxyl groups is 1. The first-order valence-electron chi connectivity index (χ1n) is 6.67. The van der Waals surface area contributed by atoms with Gasteiger partial charge in [0.2, 0.25) is 0 Å². The zero-order valence-electron chi connectivity index (χ0n) is 12.1. The second-order valence-corrected chi connectivity index (χ2v) is 4.44. The van der Waals surface area contributed by atoms with Crippen LogP contribution in [0.15, 0.2) is 18.2 Å². The highest BCUT2D eigenvalue weighted by atomic mass is 16.6. The lowest BCUT2D eigenvalue weighted by atomic mass is 10.0. The van der Waals surface area contributed by atoms with E-state index in [9.17, 15) is 14.9 Å². The third-order valence-electron chi connectivity index (χ3n) is 2.85. The summed E-state index contributed by atoms with van der Waals surface area (Å²) < 4.78 is 5.10. The average molecular weight is 307 g/mol. The Morgan fingerprint density at radius 1 is 1.59 bits per heavy atom. The number of benzene rings is 1. The number of rotatable bonds is 8. The number of aryl methyl sites for hydroxylation is 1. The third-order valence-corrected chi connectivity index (χ3v) is 2.85. The molecular weight excluding hydrogens is 290 g/mol. The summed E-state index contributed by atoms with van der Waals surface area (Å²) in [6, 6.07) is 6.25. The molecule has 0 saturated heterocycles. The molecule has 0 aliphatic carbocycles. The summed E-state index contributed by atoms with van der Waals surface area (Å²) >= 11 is 0. The summed E-state index contributed by atoms with van der Waals surface area (Å²) in [5, 5.41) is 30.9. The van der Waals surface area contributed by atoms with E-state index in [1.807, 2.05) is 6.07 Å². The molecule has 0 aliphatic heterocycles. The first-order chi connectivity index (χ1) is 10.5. The number of hydrogen-bond acceptors (Lipinski definition) is 6. The molecule has 0 saturated carbocycles. The Labute approximate surface area is 127 Å². The Balaban J connectivity index is 3.05. The zero-order valence-corrected chi connectivity index (χ0v) is 12.1. The van der Waals surface area contributed by atoms with Gasteiger partial charge in [0.1, 0.15) is 11.8 Å². The van der Waals surface area contributed by atoms with Crippen LogP contribution in [0.4, 0.5) is 5.69 Å². The summed E-state index contributed by atoms with van der Waals surface area (Å²) in [7, 11) is 0. The van der Waals surface area contributed by atoms with Crippen molar-refractivity contribution in [2.75, 3.05) is 13.2 Å². The highest BCUT2D eigenvalue weighted by Crippen LogP contribution is 2.23. The molecule has 1 atom stereocenters. The van der Waals surface area contributed by atoms with Gasteiger partial charge in [-0.3, -0.25) is 14.9 Å². The van der Waals surface area contributed by atoms with E-state index >= 15 is 0 Å². The van der Waals surface area contributed by atoms with Crippen molar-refractivity contribution in [3.05, 3.63) is 39.4 Å². The average Bonchev–Trinajstić information content (AvgIpc) is 2.50. The molecule has 22 heavy (non-hydrogen) atoms. The minimum Gasteiger partial charge on any atom is -0.394 e. The smallest absolute Gasteiger partial charge is 0.282 e. The van der Waals surface area contributed by atoms with Crippen LogP contribution in [0, 0.1) is 21.4 Å². The summed E-state index contributed by atoms with van der Waals surface area (Å²) in [4.78, 5) is 22.8. The van der Waals surface area contributed by atoms with Gasteiger partial charge in [-0.1, -0.05) is 12.1 Å². The van der Waals surface area contributed by atoms with E-state index in [1.165, 1.54) is 12.1 Å². The number of nitriles is 1. The van der Waals surface area contributed by atoms with Crippen LogP contribution in [-0.4, -0.2) is 35.4 Å². The number of carbonyl (C=O) groups is 1. The lowest BCUT2D eigenvalue weighted by Crippen LogP contribution is -2.36. The maximum Gasteiger partial charge on any atom is 0.282 e. The molecule has 0 bridgehead atoms. The number of nitro groups is 1. The van der Waals surface area contributed by atoms with Gasteiger partial charge in [0.25, 0.3) is 11.6 Å². The summed E-state index contributed by atoms with van der Waals surface area (Å²) in [6.07, 6.45) is -0.312. The number of ether oxygens (including phenoxy) is 1. The van der Waals surface area contributed by atoms with Crippen molar-refractivity contribution < 1.29 is 19.6 Å². The van der Waals surface area contributed by atoms with Gasteiger partial charge in [-0.15, -0.1) is 0 Å². The fourth-order valence-corrected chi connectivity index (χ4v) is 1.93. The number of carbonyl (C=O) groups excluding carboxylic acids is 1. The predicted octanol–water partition coefficient (Wildman–Crippen LogP) is 1.14. The highest BCUT2D eigenvalue weighted by Gasteiger charge is 2.24. The number of nitrogens with one attached hydrogen (secondary N) is 1. The molecule has 2 N–H and O–H groups in total. The molecule has 1 amide bonds. The molecule has 0 heterocycles. The van der Waals surface area contributed by atoms with Gasteiger partial charge in [0.15, 0.2) is 0 Å². The van der Waals surface area contributed by atoms with Crippen LogP contribution in [0.3, 0.4) is 0 Å². The quantitative estimate of drug-likeness (QED) is 0.421. The summed E-state index contributed by atoms with van der Waals surface area (Å²) in [6.45, 7) is 1.40. The normalized spacial score (nSPS) is 11.5. The highest BCUT2D eigenvalue weighted by molar-refractivity contribution is 5.99. The monoisotopic (exact) mass is 307 g/mol. The van der Waals surface area contributed by atoms with Gasteiger partial charge in [-0.25, -0.2) is 0 Å². The molecule has 8 heteroatoms. The van der Waals surface area contributed by atoms with E-state index in [4.69, 9.17) is 15.1 Å². The number of amides is 1. The molecule has 0 radical (unpaired) electrons. The molecule has 0 fully saturated rings. The van der Waals surface area contributed by atoms with Crippen LogP contribution in [0.1, 0.15) is 29.3 Å². The largest absolute Gasteiger partial charge is 0.394 e. The second kappa shape index (κ2) is 8.71. The van der Waals surface area contributed by atoms with Gasteiger partial charge >= 0.3 is 0 Å². The topological polar surface area (TPSA) is 125 Å². The van der Waals surface area contributed by atoms with E-state index in [2.05, 4.69) is 5.32 Å². The minimum atomic E-state index is -0.705. The third kappa shape index (κ3) is 4.80. The molecule has 0 spiro atoms. The molecular formula is C14H17N3O5. The maximum atomic E-state index is 12.3. The molecule has 0 aromatic heterocycles. The van der Waals surface area contributed by atoms with Crippen LogP contribution >= 0.6 is 0 Å². The molecule has 1 aromatic carbocycles. The first kappa shape index (κ1) is 17.6. The van der Waals surface area contributed by atoms with Crippen LogP contribution in [0.5, 0.6) is 0 Å². The van der Waals surface area contributed by atoms with E-state index < -0.39 is 17.1 Å². The van der Waals surface area contributed by atoms with Crippen molar-refractivity contribution in [2.24, 2.45) is 0 Å². The van der Waals surface area contributed by atoms with Gasteiger partial charge < -0.3 is 15.2 Å². The molecule has 0 aliphatic rings. The Morgan fingerprint density at radius 3 is 2.91 bits per heavy atom. The van der Waals surface area contributed by atoms with E-state index in [0.29, 0.717) is 5.56 Å². The van der Waals surface area contributed by atoms with E-state index in [1.54, 1.807) is 13.0 Å². The van der Waals surface area contributed by atoms with Crippen molar-refractivity contribution in [2.45, 2.75) is 26.0 Å². The Morgan fingerprint density at radius 2 is 2.32 bits per heavy atom. The molecule has 1 rings (SSSR count). The number of nitrogens with zero attached hydrogens (tertiary/aromatic N) is 2. The van der Waals surface area contributed by atoms with Crippen molar-refractivity contribution in [1.82, 2.24) is 5.32 Å². The molecule has 8 nitrogen and oxygen atoms in total. The van der Waals surface area contributed by atoms with Gasteiger partial charge in [0, 0.05) is 12.5 Å². The lowest BCUT2D eigenvalue weighted by Gasteiger charge is -2.15. The fourth-order valence-electron chi connectivity index (χ4n) is 1.93.